The van der Waals surface area contributed by atoms with Gasteiger partial charge in [0, 0.05) is 19.6 Å². The van der Waals surface area contributed by atoms with Crippen molar-refractivity contribution in [2.45, 2.75) is 63.6 Å². The lowest BCUT2D eigenvalue weighted by atomic mass is 10.0. The molecule has 1 saturated heterocycles. The Morgan fingerprint density at radius 2 is 1.94 bits per heavy atom. The number of piperidine rings is 1. The van der Waals surface area contributed by atoms with Crippen LogP contribution in [0, 0.1) is 0 Å². The quantitative estimate of drug-likeness (QED) is 0.499. The summed E-state index contributed by atoms with van der Waals surface area (Å²) in [6, 6.07) is 11.6. The van der Waals surface area contributed by atoms with Crippen LogP contribution in [0.5, 0.6) is 5.75 Å². The lowest BCUT2D eigenvalue weighted by Crippen LogP contribution is -2.51. The van der Waals surface area contributed by atoms with E-state index in [0.717, 1.165) is 36.1 Å². The van der Waals surface area contributed by atoms with Crippen molar-refractivity contribution in [2.75, 3.05) is 13.2 Å². The topological polar surface area (TPSA) is 106 Å². The summed E-state index contributed by atoms with van der Waals surface area (Å²) in [5, 5.41) is 11.2. The average Bonchev–Trinajstić information content (AvgIpc) is 3.26. The van der Waals surface area contributed by atoms with E-state index in [-0.39, 0.29) is 10.8 Å². The molecule has 34 heavy (non-hydrogen) atoms. The molecule has 1 atom stereocenters. The highest BCUT2D eigenvalue weighted by atomic mass is 32.2. The molecule has 2 heterocycles. The van der Waals surface area contributed by atoms with Gasteiger partial charge < -0.3 is 10.1 Å². The van der Waals surface area contributed by atoms with Crippen LogP contribution in [0.4, 0.5) is 0 Å². The molecule has 4 rings (SSSR count). The smallest absolute Gasteiger partial charge is 0.243 e. The molecule has 1 aliphatic rings. The molecule has 0 radical (unpaired) electrons. The fourth-order valence-corrected chi connectivity index (χ4v) is 5.93. The molecule has 10 heteroatoms. The van der Waals surface area contributed by atoms with Crippen LogP contribution in [0.2, 0.25) is 0 Å². The van der Waals surface area contributed by atoms with Gasteiger partial charge in [0.1, 0.15) is 17.3 Å². The van der Waals surface area contributed by atoms with Crippen molar-refractivity contribution >= 4 is 27.0 Å². The van der Waals surface area contributed by atoms with Gasteiger partial charge in [-0.25, -0.2) is 13.1 Å². The third-order valence-corrected chi connectivity index (χ3v) is 7.89. The zero-order chi connectivity index (χ0) is 24.1. The number of hydrogen-bond donors (Lipinski definition) is 1. The average molecular weight is 486 g/mol. The number of carbonyl (C=O) groups is 1. The summed E-state index contributed by atoms with van der Waals surface area (Å²) in [7, 11) is -3.87. The molecular formula is C24H31N5O4S. The number of ether oxygens (including phenoxy) is 1. The van der Waals surface area contributed by atoms with Crippen LogP contribution in [0.1, 0.15) is 45.1 Å². The number of benzene rings is 2. The van der Waals surface area contributed by atoms with Gasteiger partial charge in [-0.05, 0) is 62.1 Å². The summed E-state index contributed by atoms with van der Waals surface area (Å²) in [6.07, 6.45) is 2.91. The number of rotatable bonds is 9. The minimum atomic E-state index is -3.87. The second kappa shape index (κ2) is 10.5. The Balaban J connectivity index is 1.50. The minimum absolute atomic E-state index is 0.134. The molecule has 182 valence electrons. The Kier molecular flexibility index (Phi) is 7.47. The predicted octanol–water partition coefficient (Wildman–Crippen LogP) is 3.10. The second-order valence-corrected chi connectivity index (χ2v) is 10.3. The van der Waals surface area contributed by atoms with Crippen molar-refractivity contribution in [3.63, 3.8) is 0 Å². The van der Waals surface area contributed by atoms with Crippen LogP contribution in [0.3, 0.4) is 0 Å². The zero-order valence-electron chi connectivity index (χ0n) is 19.6. The Morgan fingerprint density at radius 1 is 1.15 bits per heavy atom. The maximum absolute atomic E-state index is 13.5. The summed E-state index contributed by atoms with van der Waals surface area (Å²) in [5.41, 5.74) is 2.25. The molecule has 1 unspecified atom stereocenters. The number of carbonyl (C=O) groups excluding carboxylic acids is 1. The summed E-state index contributed by atoms with van der Waals surface area (Å²) in [6.45, 7) is 5.90. The van der Waals surface area contributed by atoms with E-state index >= 15 is 0 Å². The number of amides is 1. The number of nitrogens with one attached hydrogen (secondary N) is 1. The summed E-state index contributed by atoms with van der Waals surface area (Å²) in [4.78, 5) is 13.2. The van der Waals surface area contributed by atoms with Crippen LogP contribution in [0.15, 0.2) is 47.4 Å². The van der Waals surface area contributed by atoms with Crippen molar-refractivity contribution in [2.24, 2.45) is 0 Å². The number of fused-ring (bicyclic) bond motifs is 1. The monoisotopic (exact) mass is 485 g/mol. The maximum Gasteiger partial charge on any atom is 0.243 e. The van der Waals surface area contributed by atoms with E-state index in [9.17, 15) is 13.2 Å². The summed E-state index contributed by atoms with van der Waals surface area (Å²) >= 11 is 0. The molecule has 3 aromatic rings. The first-order valence-corrected chi connectivity index (χ1v) is 13.2. The molecule has 0 spiro atoms. The van der Waals surface area contributed by atoms with Crippen molar-refractivity contribution in [3.05, 3.63) is 48.0 Å². The second-order valence-electron chi connectivity index (χ2n) is 8.39. The van der Waals surface area contributed by atoms with Crippen molar-refractivity contribution in [1.29, 1.82) is 0 Å². The first-order valence-electron chi connectivity index (χ1n) is 11.8. The lowest BCUT2D eigenvalue weighted by molar-refractivity contribution is -0.125. The van der Waals surface area contributed by atoms with E-state index < -0.39 is 16.1 Å². The van der Waals surface area contributed by atoms with Crippen LogP contribution < -0.4 is 10.1 Å². The van der Waals surface area contributed by atoms with Crippen molar-refractivity contribution in [3.8, 4) is 5.75 Å². The third-order valence-electron chi connectivity index (χ3n) is 5.98. The van der Waals surface area contributed by atoms with Gasteiger partial charge >= 0.3 is 0 Å². The molecule has 2 aromatic carbocycles. The minimum Gasteiger partial charge on any atom is -0.494 e. The predicted molar refractivity (Wildman–Crippen MR) is 129 cm³/mol. The van der Waals surface area contributed by atoms with Gasteiger partial charge in [0.05, 0.1) is 17.0 Å². The van der Waals surface area contributed by atoms with Crippen LogP contribution in [-0.2, 0) is 27.9 Å². The van der Waals surface area contributed by atoms with Crippen LogP contribution >= 0.6 is 0 Å². The number of hydrogen-bond acceptors (Lipinski definition) is 6. The Hall–Kier alpha value is -2.98. The maximum atomic E-state index is 13.5. The Bertz CT molecular complexity index is 1240. The molecule has 1 N–H and O–H groups in total. The fraction of sp³-hybridized carbons (Fsp3) is 0.458. The van der Waals surface area contributed by atoms with Gasteiger partial charge in [-0.1, -0.05) is 30.7 Å². The number of aryl methyl sites for hydroxylation is 1. The molecule has 9 nitrogen and oxygen atoms in total. The van der Waals surface area contributed by atoms with Crippen LogP contribution in [0.25, 0.3) is 11.0 Å². The standard InChI is InChI=1S/C24H31N5O4S/c1-3-14-28-22-13-12-20(16-21(22)26-27-28)34(31,32)29-15-6-5-7-23(29)24(30)25-17-18-8-10-19(11-9-18)33-4-2/h8-13,16,23H,3-7,14-15,17H2,1-2H3,(H,25,30). The highest BCUT2D eigenvalue weighted by Gasteiger charge is 2.37. The summed E-state index contributed by atoms with van der Waals surface area (Å²) in [5.74, 6) is 0.487. The van der Waals surface area contributed by atoms with Gasteiger partial charge in [-0.3, -0.25) is 4.79 Å². The van der Waals surface area contributed by atoms with Gasteiger partial charge in [0.15, 0.2) is 0 Å². The lowest BCUT2D eigenvalue weighted by Gasteiger charge is -2.33. The van der Waals surface area contributed by atoms with Crippen LogP contribution in [-0.4, -0.2) is 52.8 Å². The Labute approximate surface area is 200 Å². The number of aromatic nitrogens is 3. The molecule has 0 bridgehead atoms. The first kappa shape index (κ1) is 24.2. The van der Waals surface area contributed by atoms with E-state index in [0.29, 0.717) is 38.2 Å². The molecule has 1 aliphatic heterocycles. The van der Waals surface area contributed by atoms with E-state index in [1.54, 1.807) is 22.9 Å². The zero-order valence-corrected chi connectivity index (χ0v) is 20.4. The van der Waals surface area contributed by atoms with E-state index in [4.69, 9.17) is 4.74 Å². The molecule has 1 aromatic heterocycles. The molecule has 1 fully saturated rings. The highest BCUT2D eigenvalue weighted by Crippen LogP contribution is 2.27. The largest absolute Gasteiger partial charge is 0.494 e. The third kappa shape index (κ3) is 5.07. The van der Waals surface area contributed by atoms with Gasteiger partial charge in [-0.2, -0.15) is 4.31 Å². The molecule has 1 amide bonds. The molecular weight excluding hydrogens is 454 g/mol. The van der Waals surface area contributed by atoms with Gasteiger partial charge in [0.25, 0.3) is 0 Å². The SMILES string of the molecule is CCCn1nnc2cc(S(=O)(=O)N3CCCCC3C(=O)NCc3ccc(OCC)cc3)ccc21. The first-order chi connectivity index (χ1) is 16.4. The molecule has 0 aliphatic carbocycles. The van der Waals surface area contributed by atoms with Gasteiger partial charge in [-0.15, -0.1) is 5.10 Å². The Morgan fingerprint density at radius 3 is 2.68 bits per heavy atom. The summed E-state index contributed by atoms with van der Waals surface area (Å²) < 4.78 is 35.6. The van der Waals surface area contributed by atoms with E-state index in [1.165, 1.54) is 4.31 Å². The molecule has 0 saturated carbocycles. The van der Waals surface area contributed by atoms with Crippen molar-refractivity contribution < 1.29 is 17.9 Å². The van der Waals surface area contributed by atoms with E-state index in [2.05, 4.69) is 15.6 Å². The number of sulfonamides is 1. The van der Waals surface area contributed by atoms with Gasteiger partial charge in [0.2, 0.25) is 15.9 Å². The highest BCUT2D eigenvalue weighted by molar-refractivity contribution is 7.89. The number of nitrogens with zero attached hydrogens (tertiary/aromatic N) is 4. The normalized spacial score (nSPS) is 17.1. The fourth-order valence-electron chi connectivity index (χ4n) is 4.26. The van der Waals surface area contributed by atoms with Crippen molar-refractivity contribution in [1.82, 2.24) is 24.6 Å². The van der Waals surface area contributed by atoms with E-state index in [1.807, 2.05) is 38.1 Å².